The summed E-state index contributed by atoms with van der Waals surface area (Å²) in [5, 5.41) is 0. The molecule has 0 spiro atoms. The summed E-state index contributed by atoms with van der Waals surface area (Å²) in [6, 6.07) is -0.630. The fourth-order valence-corrected chi connectivity index (χ4v) is 0.0500. The Morgan fingerprint density at radius 3 is 1.67 bits per heavy atom. The van der Waals surface area contributed by atoms with Crippen LogP contribution >= 0.6 is 0 Å². The molecule has 0 aliphatic rings. The second-order valence-corrected chi connectivity index (χ2v) is 0.599. The molecule has 0 saturated heterocycles. The molecule has 0 aromatic carbocycles. The van der Waals surface area contributed by atoms with Crippen LogP contribution in [0.4, 0.5) is 4.79 Å². The van der Waals surface area contributed by atoms with E-state index in [4.69, 9.17) is 0 Å². The number of rotatable bonds is 0. The molecule has 0 fully saturated rings. The monoisotopic (exact) mass is 84.0 g/mol. The Bertz CT molecular complexity index is 76.8. The summed E-state index contributed by atoms with van der Waals surface area (Å²) in [6.07, 6.45) is 0. The van der Waals surface area contributed by atoms with Crippen LogP contribution in [0.5, 0.6) is 0 Å². The summed E-state index contributed by atoms with van der Waals surface area (Å²) < 4.78 is 0. The fraction of sp³-hybridized carbons (Fsp3) is 0. The lowest BCUT2D eigenvalue weighted by Crippen LogP contribution is -1.75. The van der Waals surface area contributed by atoms with E-state index in [0.717, 1.165) is 0 Å². The van der Waals surface area contributed by atoms with Crippen molar-refractivity contribution >= 4 is 19.5 Å². The molecule has 0 aromatic rings. The lowest BCUT2D eigenvalue weighted by atomic mass is 11.1. The van der Waals surface area contributed by atoms with E-state index in [9.17, 15) is 4.79 Å². The Kier molecular flexibility index (Phi) is 1.89. The summed E-state index contributed by atoms with van der Waals surface area (Å²) in [4.78, 5) is 15.5. The molecule has 0 heterocycles. The zero-order valence-electron chi connectivity index (χ0n) is 3.22. The summed E-state index contributed by atoms with van der Waals surface area (Å²) in [5.74, 6) is 0. The van der Waals surface area contributed by atoms with Gasteiger partial charge in [0, 0.05) is 0 Å². The first kappa shape index (κ1) is 5.01. The van der Waals surface area contributed by atoms with Crippen LogP contribution in [0.15, 0.2) is 9.98 Å². The van der Waals surface area contributed by atoms with E-state index in [1.807, 2.05) is 0 Å². The van der Waals surface area contributed by atoms with Crippen molar-refractivity contribution in [1.29, 1.82) is 0 Å². The fourth-order valence-electron chi connectivity index (χ4n) is 0.0500. The number of hydrogen-bond acceptors (Lipinski definition) is 1. The molecule has 3 heteroatoms. The largest absolute Gasteiger partial charge is 0.365 e. The molecule has 32 valence electrons. The minimum atomic E-state index is -0.630. The highest BCUT2D eigenvalue weighted by molar-refractivity contribution is 5.82. The predicted molar refractivity (Wildman–Crippen MR) is 24.5 cm³/mol. The van der Waals surface area contributed by atoms with Gasteiger partial charge in [0.15, 0.2) is 0 Å². The maximum Gasteiger partial charge on any atom is 0.365 e. The average molecular weight is 84.1 g/mol. The highest BCUT2D eigenvalue weighted by atomic mass is 16.2. The van der Waals surface area contributed by atoms with Gasteiger partial charge in [-0.05, 0) is 13.4 Å². The normalized spacial score (nSPS) is 6.67. The van der Waals surface area contributed by atoms with Gasteiger partial charge in [-0.25, -0.2) is 14.8 Å². The highest BCUT2D eigenvalue weighted by Gasteiger charge is 1.78. The van der Waals surface area contributed by atoms with Crippen LogP contribution in [0, 0.1) is 0 Å². The smallest absolute Gasteiger partial charge is 0.244 e. The minimum Gasteiger partial charge on any atom is -0.244 e. The molecule has 0 aliphatic carbocycles. The summed E-state index contributed by atoms with van der Waals surface area (Å²) in [5.41, 5.74) is 0. The average Bonchev–Trinajstić information content (AvgIpc) is 1.65. The predicted octanol–water partition coefficient (Wildman–Crippen LogP) is 0.508. The molecule has 0 unspecified atom stereocenters. The van der Waals surface area contributed by atoms with Crippen LogP contribution in [0.1, 0.15) is 0 Å². The molecule has 0 bridgehead atoms. The van der Waals surface area contributed by atoms with Gasteiger partial charge in [0.05, 0.1) is 0 Å². The van der Waals surface area contributed by atoms with E-state index in [0.29, 0.717) is 0 Å². The standard InChI is InChI=1S/C3H4N2O/c1-4-3(6)5-2/h1-2H2. The van der Waals surface area contributed by atoms with Gasteiger partial charge in [-0.1, -0.05) is 0 Å². The number of amides is 2. The van der Waals surface area contributed by atoms with Gasteiger partial charge in [0.25, 0.3) is 0 Å². The van der Waals surface area contributed by atoms with Crippen LogP contribution in [0.3, 0.4) is 0 Å². The number of nitrogens with zero attached hydrogens (tertiary/aromatic N) is 2. The number of urea groups is 1. The van der Waals surface area contributed by atoms with Crippen molar-refractivity contribution in [2.24, 2.45) is 9.98 Å². The Hall–Kier alpha value is -0.990. The van der Waals surface area contributed by atoms with Crippen molar-refractivity contribution in [1.82, 2.24) is 0 Å². The zero-order chi connectivity index (χ0) is 4.99. The van der Waals surface area contributed by atoms with Crippen molar-refractivity contribution in [3.8, 4) is 0 Å². The molecule has 3 nitrogen and oxygen atoms in total. The van der Waals surface area contributed by atoms with E-state index in [2.05, 4.69) is 23.4 Å². The van der Waals surface area contributed by atoms with Crippen molar-refractivity contribution in [2.75, 3.05) is 0 Å². The number of carbonyl (C=O) groups is 1. The van der Waals surface area contributed by atoms with Gasteiger partial charge < -0.3 is 0 Å². The third kappa shape index (κ3) is 1.34. The number of carbonyl (C=O) groups excluding carboxylic acids is 1. The maximum absolute atomic E-state index is 9.72. The Balaban J connectivity index is 3.52. The topological polar surface area (TPSA) is 41.8 Å². The van der Waals surface area contributed by atoms with E-state index < -0.39 is 6.03 Å². The Morgan fingerprint density at radius 2 is 1.67 bits per heavy atom. The van der Waals surface area contributed by atoms with Gasteiger partial charge in [-0.15, -0.1) is 0 Å². The number of aliphatic imine (C=N–C) groups is 2. The molecular weight excluding hydrogens is 80.0 g/mol. The lowest BCUT2D eigenvalue weighted by Gasteiger charge is -1.68. The van der Waals surface area contributed by atoms with Crippen LogP contribution in [0.25, 0.3) is 0 Å². The van der Waals surface area contributed by atoms with E-state index >= 15 is 0 Å². The quantitative estimate of drug-likeness (QED) is 0.394. The van der Waals surface area contributed by atoms with Crippen molar-refractivity contribution in [2.45, 2.75) is 0 Å². The molecule has 0 atom stereocenters. The summed E-state index contributed by atoms with van der Waals surface area (Å²) in [6.45, 7) is 5.80. The van der Waals surface area contributed by atoms with Gasteiger partial charge in [-0.2, -0.15) is 0 Å². The first-order chi connectivity index (χ1) is 2.81. The second-order valence-electron chi connectivity index (χ2n) is 0.599. The minimum absolute atomic E-state index is 0.630. The van der Waals surface area contributed by atoms with E-state index in [-0.39, 0.29) is 0 Å². The van der Waals surface area contributed by atoms with Crippen LogP contribution in [-0.2, 0) is 0 Å². The molecule has 0 aromatic heterocycles. The van der Waals surface area contributed by atoms with Crippen molar-refractivity contribution < 1.29 is 4.79 Å². The first-order valence-corrected chi connectivity index (χ1v) is 1.28. The molecule has 0 N–H and O–H groups in total. The molecule has 2 amide bonds. The van der Waals surface area contributed by atoms with Gasteiger partial charge in [-0.3, -0.25) is 0 Å². The van der Waals surface area contributed by atoms with Gasteiger partial charge in [0.1, 0.15) is 0 Å². The summed E-state index contributed by atoms with van der Waals surface area (Å²) >= 11 is 0. The van der Waals surface area contributed by atoms with Gasteiger partial charge in [0.2, 0.25) is 0 Å². The first-order valence-electron chi connectivity index (χ1n) is 1.28. The molecule has 0 rings (SSSR count). The van der Waals surface area contributed by atoms with Crippen LogP contribution < -0.4 is 0 Å². The molecule has 0 radical (unpaired) electrons. The zero-order valence-corrected chi connectivity index (χ0v) is 3.22. The summed E-state index contributed by atoms with van der Waals surface area (Å²) in [7, 11) is 0. The highest BCUT2D eigenvalue weighted by Crippen LogP contribution is 1.71. The van der Waals surface area contributed by atoms with Crippen molar-refractivity contribution in [3.63, 3.8) is 0 Å². The van der Waals surface area contributed by atoms with Crippen molar-refractivity contribution in [3.05, 3.63) is 0 Å². The molecule has 0 aliphatic heterocycles. The van der Waals surface area contributed by atoms with Crippen LogP contribution in [-0.4, -0.2) is 19.5 Å². The molecule has 0 saturated carbocycles. The van der Waals surface area contributed by atoms with E-state index in [1.165, 1.54) is 0 Å². The third-order valence-corrected chi connectivity index (χ3v) is 0.271. The number of hydrogen-bond donors (Lipinski definition) is 0. The SMILES string of the molecule is C=NC(=O)N=C. The molecular formula is C3H4N2O. The van der Waals surface area contributed by atoms with Crippen LogP contribution in [0.2, 0.25) is 0 Å². The van der Waals surface area contributed by atoms with Gasteiger partial charge >= 0.3 is 6.03 Å². The third-order valence-electron chi connectivity index (χ3n) is 0.271. The Labute approximate surface area is 35.4 Å². The second kappa shape index (κ2) is 2.26. The Morgan fingerprint density at radius 1 is 1.33 bits per heavy atom. The lowest BCUT2D eigenvalue weighted by molar-refractivity contribution is 0.257. The maximum atomic E-state index is 9.72. The van der Waals surface area contributed by atoms with E-state index in [1.54, 1.807) is 0 Å². The molecule has 6 heavy (non-hydrogen) atoms.